The highest BCUT2D eigenvalue weighted by atomic mass is 16.1. The summed E-state index contributed by atoms with van der Waals surface area (Å²) in [6.45, 7) is 9.76. The molecular formula is C14H27NO. The van der Waals surface area contributed by atoms with Crippen molar-refractivity contribution in [3.63, 3.8) is 0 Å². The third-order valence-corrected chi connectivity index (χ3v) is 4.04. The van der Waals surface area contributed by atoms with Gasteiger partial charge in [0.05, 0.1) is 0 Å². The molecule has 0 aliphatic carbocycles. The fourth-order valence-corrected chi connectivity index (χ4v) is 3.01. The van der Waals surface area contributed by atoms with E-state index in [9.17, 15) is 4.79 Å². The van der Waals surface area contributed by atoms with Gasteiger partial charge in [-0.05, 0) is 37.6 Å². The van der Waals surface area contributed by atoms with Crippen molar-refractivity contribution in [1.82, 2.24) is 5.32 Å². The molecule has 0 bridgehead atoms. The van der Waals surface area contributed by atoms with Crippen LogP contribution >= 0.6 is 0 Å². The Bertz CT molecular complexity index is 227. The molecule has 0 aromatic heterocycles. The number of hydrogen-bond acceptors (Lipinski definition) is 2. The van der Waals surface area contributed by atoms with E-state index in [4.69, 9.17) is 0 Å². The van der Waals surface area contributed by atoms with Crippen LogP contribution in [0.1, 0.15) is 53.4 Å². The number of ketones is 1. The lowest BCUT2D eigenvalue weighted by Crippen LogP contribution is -2.45. The lowest BCUT2D eigenvalue weighted by Gasteiger charge is -2.33. The van der Waals surface area contributed by atoms with Crippen LogP contribution in [0.3, 0.4) is 0 Å². The van der Waals surface area contributed by atoms with Crippen LogP contribution in [-0.2, 0) is 4.79 Å². The number of hydrogen-bond donors (Lipinski definition) is 1. The minimum absolute atomic E-state index is 0.172. The summed E-state index contributed by atoms with van der Waals surface area (Å²) in [4.78, 5) is 11.8. The standard InChI is InChI=1S/C14H27NO/c1-5-13(16)12(4)14-11(3)9-10(2)7-6-8-15-14/h10-12,14-15H,5-9H2,1-4H3. The number of carbonyl (C=O) groups excluding carboxylic acids is 1. The van der Waals surface area contributed by atoms with Gasteiger partial charge in [0.25, 0.3) is 0 Å². The van der Waals surface area contributed by atoms with E-state index in [1.54, 1.807) is 0 Å². The lowest BCUT2D eigenvalue weighted by atomic mass is 9.80. The van der Waals surface area contributed by atoms with Crippen molar-refractivity contribution in [1.29, 1.82) is 0 Å². The van der Waals surface area contributed by atoms with Gasteiger partial charge in [-0.3, -0.25) is 4.79 Å². The molecule has 4 atom stereocenters. The van der Waals surface area contributed by atoms with Crippen LogP contribution in [0.25, 0.3) is 0 Å². The van der Waals surface area contributed by atoms with Gasteiger partial charge in [-0.2, -0.15) is 0 Å². The molecule has 0 saturated carbocycles. The third kappa shape index (κ3) is 3.58. The molecule has 4 unspecified atom stereocenters. The van der Waals surface area contributed by atoms with Crippen LogP contribution in [0.2, 0.25) is 0 Å². The summed E-state index contributed by atoms with van der Waals surface area (Å²) >= 11 is 0. The zero-order valence-electron chi connectivity index (χ0n) is 11.3. The number of carbonyl (C=O) groups is 1. The van der Waals surface area contributed by atoms with Gasteiger partial charge in [0.1, 0.15) is 5.78 Å². The average Bonchev–Trinajstić information content (AvgIpc) is 2.24. The number of Topliss-reactive ketones (excluding diaryl/α,β-unsaturated/α-hetero) is 1. The molecule has 1 N–H and O–H groups in total. The largest absolute Gasteiger partial charge is 0.313 e. The molecule has 1 aliphatic heterocycles. The van der Waals surface area contributed by atoms with E-state index in [1.807, 2.05) is 6.92 Å². The summed E-state index contributed by atoms with van der Waals surface area (Å²) in [5.41, 5.74) is 0. The number of nitrogens with one attached hydrogen (secondary N) is 1. The second-order valence-corrected chi connectivity index (χ2v) is 5.55. The Morgan fingerprint density at radius 1 is 1.44 bits per heavy atom. The van der Waals surface area contributed by atoms with Gasteiger partial charge in [-0.15, -0.1) is 0 Å². The minimum atomic E-state index is 0.172. The van der Waals surface area contributed by atoms with Crippen molar-refractivity contribution in [3.8, 4) is 0 Å². The highest BCUT2D eigenvalue weighted by Gasteiger charge is 2.29. The van der Waals surface area contributed by atoms with E-state index in [1.165, 1.54) is 19.3 Å². The van der Waals surface area contributed by atoms with Gasteiger partial charge in [0.15, 0.2) is 0 Å². The zero-order chi connectivity index (χ0) is 12.1. The first-order valence-electron chi connectivity index (χ1n) is 6.82. The van der Waals surface area contributed by atoms with Crippen molar-refractivity contribution in [2.45, 2.75) is 59.4 Å². The highest BCUT2D eigenvalue weighted by molar-refractivity contribution is 5.81. The predicted octanol–water partition coefficient (Wildman–Crippen LogP) is 3.02. The van der Waals surface area contributed by atoms with Gasteiger partial charge < -0.3 is 5.32 Å². The maximum Gasteiger partial charge on any atom is 0.136 e. The molecule has 0 radical (unpaired) electrons. The number of rotatable bonds is 3. The third-order valence-electron chi connectivity index (χ3n) is 4.04. The smallest absolute Gasteiger partial charge is 0.136 e. The van der Waals surface area contributed by atoms with Crippen molar-refractivity contribution >= 4 is 5.78 Å². The molecule has 0 aromatic carbocycles. The topological polar surface area (TPSA) is 29.1 Å². The Kier molecular flexibility index (Phi) is 5.47. The maximum absolute atomic E-state index is 11.8. The molecule has 1 fully saturated rings. The molecule has 0 aromatic rings. The van der Waals surface area contributed by atoms with Crippen LogP contribution in [-0.4, -0.2) is 18.4 Å². The molecule has 2 nitrogen and oxygen atoms in total. The van der Waals surface area contributed by atoms with Crippen LogP contribution in [0.15, 0.2) is 0 Å². The summed E-state index contributed by atoms with van der Waals surface area (Å²) in [5.74, 6) is 1.99. The molecule has 1 rings (SSSR count). The molecular weight excluding hydrogens is 198 g/mol. The van der Waals surface area contributed by atoms with Gasteiger partial charge >= 0.3 is 0 Å². The van der Waals surface area contributed by atoms with Crippen LogP contribution in [0, 0.1) is 17.8 Å². The summed E-state index contributed by atoms with van der Waals surface area (Å²) in [6.07, 6.45) is 4.48. The van der Waals surface area contributed by atoms with E-state index in [-0.39, 0.29) is 5.92 Å². The SMILES string of the molecule is CCC(=O)C(C)C1NCCCC(C)CC1C. The first-order valence-corrected chi connectivity index (χ1v) is 6.82. The Balaban J connectivity index is 2.64. The van der Waals surface area contributed by atoms with Crippen LogP contribution in [0.5, 0.6) is 0 Å². The average molecular weight is 225 g/mol. The highest BCUT2D eigenvalue weighted by Crippen LogP contribution is 2.26. The van der Waals surface area contributed by atoms with E-state index in [0.717, 1.165) is 12.5 Å². The van der Waals surface area contributed by atoms with E-state index in [2.05, 4.69) is 26.1 Å². The Morgan fingerprint density at radius 2 is 2.12 bits per heavy atom. The second kappa shape index (κ2) is 6.39. The van der Waals surface area contributed by atoms with Crippen LogP contribution in [0.4, 0.5) is 0 Å². The first kappa shape index (κ1) is 13.7. The minimum Gasteiger partial charge on any atom is -0.313 e. The zero-order valence-corrected chi connectivity index (χ0v) is 11.3. The van der Waals surface area contributed by atoms with Crippen LogP contribution < -0.4 is 5.32 Å². The molecule has 1 heterocycles. The Hall–Kier alpha value is -0.370. The van der Waals surface area contributed by atoms with E-state index >= 15 is 0 Å². The van der Waals surface area contributed by atoms with Gasteiger partial charge in [0.2, 0.25) is 0 Å². The van der Waals surface area contributed by atoms with Crippen molar-refractivity contribution in [2.75, 3.05) is 6.54 Å². The molecule has 0 amide bonds. The second-order valence-electron chi connectivity index (χ2n) is 5.55. The molecule has 94 valence electrons. The molecule has 0 spiro atoms. The van der Waals surface area contributed by atoms with Gasteiger partial charge in [-0.1, -0.05) is 27.7 Å². The predicted molar refractivity (Wildman–Crippen MR) is 68.4 cm³/mol. The molecule has 1 saturated heterocycles. The fourth-order valence-electron chi connectivity index (χ4n) is 3.01. The monoisotopic (exact) mass is 225 g/mol. The lowest BCUT2D eigenvalue weighted by molar-refractivity contribution is -0.123. The first-order chi connectivity index (χ1) is 7.56. The molecule has 2 heteroatoms. The maximum atomic E-state index is 11.8. The van der Waals surface area contributed by atoms with E-state index < -0.39 is 0 Å². The summed E-state index contributed by atoms with van der Waals surface area (Å²) in [7, 11) is 0. The van der Waals surface area contributed by atoms with Gasteiger partial charge in [-0.25, -0.2) is 0 Å². The van der Waals surface area contributed by atoms with Gasteiger partial charge in [0, 0.05) is 18.4 Å². The summed E-state index contributed by atoms with van der Waals surface area (Å²) < 4.78 is 0. The summed E-state index contributed by atoms with van der Waals surface area (Å²) in [6, 6.07) is 0.384. The Morgan fingerprint density at radius 3 is 2.75 bits per heavy atom. The van der Waals surface area contributed by atoms with E-state index in [0.29, 0.717) is 24.2 Å². The molecule has 16 heavy (non-hydrogen) atoms. The van der Waals surface area contributed by atoms with Crippen molar-refractivity contribution in [2.24, 2.45) is 17.8 Å². The fraction of sp³-hybridized carbons (Fsp3) is 0.929. The quantitative estimate of drug-likeness (QED) is 0.800. The summed E-state index contributed by atoms with van der Waals surface area (Å²) in [5, 5.41) is 3.59. The van der Waals surface area contributed by atoms with Crippen molar-refractivity contribution < 1.29 is 4.79 Å². The Labute approximate surface area is 100 Å². The molecule has 1 aliphatic rings. The van der Waals surface area contributed by atoms with Crippen molar-refractivity contribution in [3.05, 3.63) is 0 Å². The normalized spacial score (nSPS) is 33.9.